The van der Waals surface area contributed by atoms with Crippen molar-refractivity contribution in [3.63, 3.8) is 0 Å². The zero-order valence-corrected chi connectivity index (χ0v) is 9.03. The van der Waals surface area contributed by atoms with Gasteiger partial charge in [-0.15, -0.1) is 0 Å². The molecule has 1 aliphatic rings. The molecule has 0 saturated heterocycles. The van der Waals surface area contributed by atoms with Crippen LogP contribution in [0.2, 0.25) is 0 Å². The van der Waals surface area contributed by atoms with Crippen LogP contribution in [0.5, 0.6) is 5.75 Å². The predicted octanol–water partition coefficient (Wildman–Crippen LogP) is 2.53. The highest BCUT2D eigenvalue weighted by atomic mass is 16.5. The van der Waals surface area contributed by atoms with Gasteiger partial charge in [0.25, 0.3) is 0 Å². The van der Waals surface area contributed by atoms with Gasteiger partial charge in [0, 0.05) is 17.8 Å². The summed E-state index contributed by atoms with van der Waals surface area (Å²) in [5.74, 6) is 1.54. The molecule has 2 aromatic heterocycles. The lowest BCUT2D eigenvalue weighted by Crippen LogP contribution is -1.91. The van der Waals surface area contributed by atoms with Crippen LogP contribution in [-0.2, 0) is 0 Å². The van der Waals surface area contributed by atoms with E-state index >= 15 is 0 Å². The smallest absolute Gasteiger partial charge is 0.180 e. The van der Waals surface area contributed by atoms with Crippen molar-refractivity contribution in [2.24, 2.45) is 0 Å². The van der Waals surface area contributed by atoms with Gasteiger partial charge in [-0.05, 0) is 31.9 Å². The second-order valence-electron chi connectivity index (χ2n) is 4.13. The number of aromatic nitrogens is 2. The number of imidazole rings is 1. The minimum absolute atomic E-state index is 0.689. The van der Waals surface area contributed by atoms with Crippen molar-refractivity contribution in [2.45, 2.75) is 25.7 Å². The second-order valence-corrected chi connectivity index (χ2v) is 4.13. The van der Waals surface area contributed by atoms with Crippen LogP contribution in [0.25, 0.3) is 5.65 Å². The van der Waals surface area contributed by atoms with Gasteiger partial charge >= 0.3 is 0 Å². The Morgan fingerprint density at radius 2 is 2.27 bits per heavy atom. The Bertz CT molecular complexity index is 512. The third kappa shape index (κ3) is 1.23. The molecule has 3 rings (SSSR count). The number of hydrogen-bond donors (Lipinski definition) is 0. The highest BCUT2D eigenvalue weighted by Crippen LogP contribution is 2.41. The number of fused-ring (bicyclic) bond motifs is 1. The van der Waals surface area contributed by atoms with Crippen LogP contribution >= 0.6 is 0 Å². The summed E-state index contributed by atoms with van der Waals surface area (Å²) >= 11 is 0. The van der Waals surface area contributed by atoms with E-state index in [-0.39, 0.29) is 0 Å². The molecule has 0 radical (unpaired) electrons. The Labute approximate surface area is 88.7 Å². The molecule has 0 N–H and O–H groups in total. The lowest BCUT2D eigenvalue weighted by Gasteiger charge is -2.01. The van der Waals surface area contributed by atoms with E-state index in [9.17, 15) is 0 Å². The van der Waals surface area contributed by atoms with Gasteiger partial charge in [0.05, 0.1) is 12.8 Å². The first-order chi connectivity index (χ1) is 7.31. The number of methoxy groups -OCH3 is 1. The maximum atomic E-state index is 5.31. The molecule has 1 saturated carbocycles. The maximum absolute atomic E-state index is 5.31. The molecule has 0 bridgehead atoms. The first-order valence-electron chi connectivity index (χ1n) is 5.33. The van der Waals surface area contributed by atoms with Crippen LogP contribution in [0, 0.1) is 6.92 Å². The van der Waals surface area contributed by atoms with Crippen LogP contribution < -0.4 is 4.74 Å². The minimum atomic E-state index is 0.689. The van der Waals surface area contributed by atoms with E-state index in [4.69, 9.17) is 4.74 Å². The van der Waals surface area contributed by atoms with Gasteiger partial charge in [0.15, 0.2) is 11.4 Å². The van der Waals surface area contributed by atoms with Crippen molar-refractivity contribution in [3.05, 3.63) is 29.7 Å². The number of nitrogens with zero attached hydrogens (tertiary/aromatic N) is 2. The number of ether oxygens (including phenoxy) is 1. The molecule has 1 fully saturated rings. The number of aryl methyl sites for hydroxylation is 1. The summed E-state index contributed by atoms with van der Waals surface area (Å²) in [6.07, 6.45) is 4.62. The average molecular weight is 202 g/mol. The summed E-state index contributed by atoms with van der Waals surface area (Å²) in [5.41, 5.74) is 3.45. The van der Waals surface area contributed by atoms with Crippen LogP contribution in [0.1, 0.15) is 30.1 Å². The quantitative estimate of drug-likeness (QED) is 0.748. The van der Waals surface area contributed by atoms with Gasteiger partial charge in [-0.2, -0.15) is 0 Å². The van der Waals surface area contributed by atoms with Gasteiger partial charge in [-0.3, -0.25) is 0 Å². The van der Waals surface area contributed by atoms with E-state index in [2.05, 4.69) is 16.3 Å². The Morgan fingerprint density at radius 1 is 1.47 bits per heavy atom. The van der Waals surface area contributed by atoms with E-state index in [1.165, 1.54) is 24.2 Å². The molecular formula is C12H14N2O. The lowest BCUT2D eigenvalue weighted by atomic mass is 10.2. The van der Waals surface area contributed by atoms with E-state index in [1.807, 2.05) is 18.3 Å². The van der Waals surface area contributed by atoms with Gasteiger partial charge in [-0.25, -0.2) is 4.98 Å². The number of hydrogen-bond acceptors (Lipinski definition) is 2. The third-order valence-corrected chi connectivity index (χ3v) is 3.07. The molecule has 2 aromatic rings. The fourth-order valence-electron chi connectivity index (χ4n) is 2.08. The highest BCUT2D eigenvalue weighted by Gasteiger charge is 2.29. The average Bonchev–Trinajstić information content (AvgIpc) is 3.04. The summed E-state index contributed by atoms with van der Waals surface area (Å²) in [6.45, 7) is 2.13. The predicted molar refractivity (Wildman–Crippen MR) is 58.5 cm³/mol. The van der Waals surface area contributed by atoms with Crippen molar-refractivity contribution in [1.82, 2.24) is 9.38 Å². The van der Waals surface area contributed by atoms with Crippen LogP contribution in [0.4, 0.5) is 0 Å². The molecule has 3 nitrogen and oxygen atoms in total. The fourth-order valence-corrected chi connectivity index (χ4v) is 2.08. The standard InChI is InChI=1S/C12H14N2O/c1-8-11(9-5-6-9)13-12-10(15-2)4-3-7-14(8)12/h3-4,7,9H,5-6H2,1-2H3. The first-order valence-corrected chi connectivity index (χ1v) is 5.33. The second kappa shape index (κ2) is 2.99. The van der Waals surface area contributed by atoms with E-state index < -0.39 is 0 Å². The molecule has 15 heavy (non-hydrogen) atoms. The molecular weight excluding hydrogens is 188 g/mol. The molecule has 0 aliphatic heterocycles. The molecule has 0 unspecified atom stereocenters. The number of rotatable bonds is 2. The van der Waals surface area contributed by atoms with Crippen LogP contribution in [-0.4, -0.2) is 16.5 Å². The summed E-state index contributed by atoms with van der Waals surface area (Å²) in [4.78, 5) is 4.68. The summed E-state index contributed by atoms with van der Waals surface area (Å²) in [5, 5.41) is 0. The maximum Gasteiger partial charge on any atom is 0.180 e. The largest absolute Gasteiger partial charge is 0.493 e. The Morgan fingerprint density at radius 3 is 2.93 bits per heavy atom. The Kier molecular flexibility index (Phi) is 1.75. The normalized spacial score (nSPS) is 15.9. The zero-order valence-electron chi connectivity index (χ0n) is 9.03. The molecule has 78 valence electrons. The topological polar surface area (TPSA) is 26.5 Å². The molecule has 3 heteroatoms. The third-order valence-electron chi connectivity index (χ3n) is 3.07. The zero-order chi connectivity index (χ0) is 10.4. The number of pyridine rings is 1. The molecule has 2 heterocycles. The van der Waals surface area contributed by atoms with Gasteiger partial charge in [0.1, 0.15) is 0 Å². The highest BCUT2D eigenvalue weighted by molar-refractivity contribution is 5.56. The molecule has 0 atom stereocenters. The van der Waals surface area contributed by atoms with E-state index in [0.717, 1.165) is 11.4 Å². The van der Waals surface area contributed by atoms with Crippen molar-refractivity contribution in [2.75, 3.05) is 7.11 Å². The van der Waals surface area contributed by atoms with E-state index in [0.29, 0.717) is 5.92 Å². The minimum Gasteiger partial charge on any atom is -0.493 e. The molecule has 0 spiro atoms. The van der Waals surface area contributed by atoms with Crippen molar-refractivity contribution in [1.29, 1.82) is 0 Å². The Balaban J connectivity index is 2.28. The van der Waals surface area contributed by atoms with Gasteiger partial charge in [0.2, 0.25) is 0 Å². The molecule has 1 aliphatic carbocycles. The monoisotopic (exact) mass is 202 g/mol. The van der Waals surface area contributed by atoms with Crippen molar-refractivity contribution >= 4 is 5.65 Å². The van der Waals surface area contributed by atoms with Crippen molar-refractivity contribution < 1.29 is 4.74 Å². The van der Waals surface area contributed by atoms with Gasteiger partial charge in [-0.1, -0.05) is 0 Å². The summed E-state index contributed by atoms with van der Waals surface area (Å²) < 4.78 is 7.43. The lowest BCUT2D eigenvalue weighted by molar-refractivity contribution is 0.417. The summed E-state index contributed by atoms with van der Waals surface area (Å²) in [7, 11) is 1.69. The SMILES string of the molecule is COc1cccn2c(C)c(C3CC3)nc12. The molecule has 0 amide bonds. The van der Waals surface area contributed by atoms with Crippen molar-refractivity contribution in [3.8, 4) is 5.75 Å². The van der Waals surface area contributed by atoms with Gasteiger partial charge < -0.3 is 9.14 Å². The fraction of sp³-hybridized carbons (Fsp3) is 0.417. The van der Waals surface area contributed by atoms with Crippen LogP contribution in [0.3, 0.4) is 0 Å². The van der Waals surface area contributed by atoms with E-state index in [1.54, 1.807) is 7.11 Å². The van der Waals surface area contributed by atoms with Crippen LogP contribution in [0.15, 0.2) is 18.3 Å². The first kappa shape index (κ1) is 8.77. The molecule has 0 aromatic carbocycles. The Hall–Kier alpha value is -1.51. The summed E-state index contributed by atoms with van der Waals surface area (Å²) in [6, 6.07) is 3.95.